The van der Waals surface area contributed by atoms with E-state index in [1.54, 1.807) is 0 Å². The van der Waals surface area contributed by atoms with Crippen LogP contribution in [0.5, 0.6) is 5.75 Å². The Kier molecular flexibility index (Phi) is 6.74. The predicted octanol–water partition coefficient (Wildman–Crippen LogP) is 4.53. The van der Waals surface area contributed by atoms with Crippen molar-refractivity contribution in [3.05, 3.63) is 59.4 Å². The Morgan fingerprint density at radius 1 is 1.04 bits per heavy atom. The third-order valence-corrected chi connectivity index (χ3v) is 8.10. The van der Waals surface area contributed by atoms with E-state index in [0.29, 0.717) is 0 Å². The summed E-state index contributed by atoms with van der Waals surface area (Å²) in [4.78, 5) is 31.1. The van der Waals surface area contributed by atoms with Crippen LogP contribution in [0.1, 0.15) is 30.2 Å². The second-order valence-corrected chi connectivity index (χ2v) is 11.2. The smallest absolute Gasteiger partial charge is 0.453 e. The number of nitrogens with zero attached hydrogens (tertiary/aromatic N) is 6. The molecule has 0 unspecified atom stereocenters. The quantitative estimate of drug-likeness (QED) is 0.257. The molecule has 3 aromatic heterocycles. The number of nitrogens with one attached hydrogen (secondary N) is 1. The second-order valence-electron chi connectivity index (χ2n) is 11.2. The van der Waals surface area contributed by atoms with Gasteiger partial charge in [-0.1, -0.05) is 6.07 Å². The van der Waals surface area contributed by atoms with Crippen molar-refractivity contribution in [1.29, 1.82) is 0 Å². The molecule has 1 atom stereocenters. The van der Waals surface area contributed by atoms with Gasteiger partial charge in [-0.25, -0.2) is 24.3 Å². The lowest BCUT2D eigenvalue weighted by Gasteiger charge is -2.48. The molecule has 2 aliphatic heterocycles. The molecule has 19 heteroatoms. The van der Waals surface area contributed by atoms with Gasteiger partial charge in [0.1, 0.15) is 22.7 Å². The maximum atomic E-state index is 14.4. The summed E-state index contributed by atoms with van der Waals surface area (Å²) >= 11 is 0. The van der Waals surface area contributed by atoms with E-state index in [-0.39, 0.29) is 45.6 Å². The molecule has 4 aromatic rings. The molecule has 6 rings (SSSR count). The number of fused-ring (bicyclic) bond motifs is 2. The normalized spacial score (nSPS) is 19.7. The Labute approximate surface area is 251 Å². The Balaban J connectivity index is 1.50. The lowest BCUT2D eigenvalue weighted by molar-refractivity contribution is -0.284. The highest BCUT2D eigenvalue weighted by Crippen LogP contribution is 2.50. The highest BCUT2D eigenvalue weighted by atomic mass is 19.4. The van der Waals surface area contributed by atoms with E-state index in [2.05, 4.69) is 25.3 Å². The van der Waals surface area contributed by atoms with Gasteiger partial charge in [0.05, 0.1) is 24.3 Å². The van der Waals surface area contributed by atoms with E-state index in [1.807, 2.05) is 0 Å². The molecule has 10 nitrogen and oxygen atoms in total. The monoisotopic (exact) mass is 661 g/mol. The highest BCUT2D eigenvalue weighted by Gasteiger charge is 2.62. The number of hydrogen-bond donors (Lipinski definition) is 3. The van der Waals surface area contributed by atoms with Gasteiger partial charge in [0.15, 0.2) is 28.6 Å². The number of carbonyl (C=O) groups excluding carboxylic acids is 1. The fraction of sp³-hybridized carbons (Fsp3) is 0.370. The molecule has 1 saturated heterocycles. The zero-order valence-electron chi connectivity index (χ0n) is 23.2. The molecule has 0 bridgehead atoms. The Hall–Kier alpha value is -4.68. The number of aliphatic hydroxyl groups is 1. The number of phenolic OH excluding ortho intramolecular Hbond substituents is 1. The largest absolute Gasteiger partial charge is 0.505 e. The SMILES string of the molecule is C[C@@]1(c2ccc(O)c(F)c2)C(=O)Nc2nc(-c3cn4ccnc4c(CCC(F)(F)C(F)(F)F)n3)nc(N3CC(O)(C(F)(F)F)C3)c21. The van der Waals surface area contributed by atoms with Crippen molar-refractivity contribution in [2.75, 3.05) is 23.3 Å². The number of alkyl halides is 8. The van der Waals surface area contributed by atoms with Crippen molar-refractivity contribution in [2.24, 2.45) is 0 Å². The van der Waals surface area contributed by atoms with E-state index in [0.717, 1.165) is 17.0 Å². The second kappa shape index (κ2) is 9.91. The van der Waals surface area contributed by atoms with Crippen LogP contribution in [0.3, 0.4) is 0 Å². The molecule has 0 aliphatic carbocycles. The average molecular weight is 661 g/mol. The molecule has 3 N–H and O–H groups in total. The van der Waals surface area contributed by atoms with Crippen molar-refractivity contribution in [3.8, 4) is 17.3 Å². The molecule has 0 spiro atoms. The molecular formula is C27H20F9N7O3. The minimum Gasteiger partial charge on any atom is -0.505 e. The van der Waals surface area contributed by atoms with Crippen LogP contribution in [-0.2, 0) is 16.6 Å². The summed E-state index contributed by atoms with van der Waals surface area (Å²) in [7, 11) is 0. The fourth-order valence-electron chi connectivity index (χ4n) is 5.39. The number of aryl methyl sites for hydroxylation is 1. The number of carbonyl (C=O) groups is 1. The molecule has 244 valence electrons. The first kappa shape index (κ1) is 31.3. The third kappa shape index (κ3) is 4.74. The van der Waals surface area contributed by atoms with Gasteiger partial charge in [-0.2, -0.15) is 35.1 Å². The number of amides is 1. The summed E-state index contributed by atoms with van der Waals surface area (Å²) < 4.78 is 122. The molecule has 2 aliphatic rings. The van der Waals surface area contributed by atoms with Gasteiger partial charge in [-0.15, -0.1) is 0 Å². The topological polar surface area (TPSA) is 129 Å². The number of anilines is 2. The van der Waals surface area contributed by atoms with Crippen LogP contribution >= 0.6 is 0 Å². The number of β-amino-alcohol motifs (C(OH)–C–C–N with tert-alkyl or cyclic N) is 1. The number of benzene rings is 1. The standard InChI is InChI=1S/C27H20F9N7O3/c1-23(12-2-3-16(44)13(28)8-12)17-19(41-22(23)45)39-18(40-21(17)43-10-24(46,11-43)26(31,32)33)15-9-42-7-6-37-20(42)14(38-15)4-5-25(29,30)27(34,35)36/h2-3,6-9,44,46H,4-5,10-11H2,1H3,(H,39,40,41,45)/t23-/m0/s1. The first-order valence-corrected chi connectivity index (χ1v) is 13.3. The molecule has 0 radical (unpaired) electrons. The number of rotatable bonds is 6. The minimum atomic E-state index is -5.82. The number of aromatic hydroxyl groups is 1. The first-order valence-electron chi connectivity index (χ1n) is 13.3. The lowest BCUT2D eigenvalue weighted by atomic mass is 9.77. The minimum absolute atomic E-state index is 0.0332. The lowest BCUT2D eigenvalue weighted by Crippen LogP contribution is -2.69. The Morgan fingerprint density at radius 3 is 2.37 bits per heavy atom. The Morgan fingerprint density at radius 2 is 1.74 bits per heavy atom. The van der Waals surface area contributed by atoms with Gasteiger partial charge >= 0.3 is 18.3 Å². The number of hydrogen-bond acceptors (Lipinski definition) is 8. The van der Waals surface area contributed by atoms with Crippen molar-refractivity contribution in [2.45, 2.75) is 49.1 Å². The van der Waals surface area contributed by atoms with E-state index in [4.69, 9.17) is 0 Å². The van der Waals surface area contributed by atoms with Crippen molar-refractivity contribution in [1.82, 2.24) is 24.3 Å². The summed E-state index contributed by atoms with van der Waals surface area (Å²) in [6.07, 6.45) is -9.64. The molecule has 46 heavy (non-hydrogen) atoms. The summed E-state index contributed by atoms with van der Waals surface area (Å²) in [6, 6.07) is 3.03. The summed E-state index contributed by atoms with van der Waals surface area (Å²) in [5.41, 5.74) is -5.71. The van der Waals surface area contributed by atoms with Crippen LogP contribution in [0.15, 0.2) is 36.8 Å². The van der Waals surface area contributed by atoms with Gasteiger partial charge in [0, 0.05) is 25.0 Å². The molecule has 1 fully saturated rings. The number of halogens is 9. The van der Waals surface area contributed by atoms with Gasteiger partial charge < -0.3 is 24.8 Å². The van der Waals surface area contributed by atoms with Crippen molar-refractivity contribution >= 4 is 23.2 Å². The van der Waals surface area contributed by atoms with Crippen LogP contribution < -0.4 is 10.2 Å². The third-order valence-electron chi connectivity index (χ3n) is 8.10. The fourth-order valence-corrected chi connectivity index (χ4v) is 5.39. The molecular weight excluding hydrogens is 641 g/mol. The van der Waals surface area contributed by atoms with E-state index >= 15 is 0 Å². The van der Waals surface area contributed by atoms with Gasteiger partial charge in [-0.05, 0) is 31.0 Å². The van der Waals surface area contributed by atoms with Crippen LogP contribution in [0.25, 0.3) is 17.2 Å². The number of aromatic nitrogens is 5. The zero-order chi connectivity index (χ0) is 33.6. The van der Waals surface area contributed by atoms with Gasteiger partial charge in [-0.3, -0.25) is 4.79 Å². The molecule has 1 amide bonds. The van der Waals surface area contributed by atoms with Crippen LogP contribution in [0, 0.1) is 5.82 Å². The predicted molar refractivity (Wildman–Crippen MR) is 140 cm³/mol. The highest BCUT2D eigenvalue weighted by molar-refractivity contribution is 6.09. The average Bonchev–Trinajstić information content (AvgIpc) is 3.52. The van der Waals surface area contributed by atoms with E-state index in [9.17, 15) is 54.5 Å². The van der Waals surface area contributed by atoms with Crippen molar-refractivity contribution < 1.29 is 54.5 Å². The number of imidazole rings is 1. The van der Waals surface area contributed by atoms with Gasteiger partial charge in [0.2, 0.25) is 5.91 Å². The van der Waals surface area contributed by atoms with Crippen LogP contribution in [-0.4, -0.2) is 77.4 Å². The Bertz CT molecular complexity index is 1890. The van der Waals surface area contributed by atoms with E-state index < -0.39 is 72.7 Å². The van der Waals surface area contributed by atoms with Gasteiger partial charge in [0.25, 0.3) is 0 Å². The maximum absolute atomic E-state index is 14.4. The summed E-state index contributed by atoms with van der Waals surface area (Å²) in [5, 5.41) is 22.3. The molecule has 5 heterocycles. The molecule has 0 saturated carbocycles. The summed E-state index contributed by atoms with van der Waals surface area (Å²) in [6.45, 7) is -0.740. The van der Waals surface area contributed by atoms with Crippen LogP contribution in [0.4, 0.5) is 51.1 Å². The molecule has 1 aromatic carbocycles. The maximum Gasteiger partial charge on any atom is 0.453 e. The number of phenols is 1. The van der Waals surface area contributed by atoms with E-state index in [1.165, 1.54) is 36.0 Å². The zero-order valence-corrected chi connectivity index (χ0v) is 23.2. The van der Waals surface area contributed by atoms with Crippen LogP contribution in [0.2, 0.25) is 0 Å². The first-order chi connectivity index (χ1) is 21.2. The summed E-state index contributed by atoms with van der Waals surface area (Å²) in [5.74, 6) is -8.63. The van der Waals surface area contributed by atoms with Crippen molar-refractivity contribution in [3.63, 3.8) is 0 Å².